The molecule has 0 fully saturated rings. The molecular weight excluding hydrogens is 334 g/mol. The van der Waals surface area contributed by atoms with Crippen LogP contribution in [0.15, 0.2) is 64.6 Å². The molecule has 3 rings (SSSR count). The second-order valence-electron chi connectivity index (χ2n) is 5.66. The first-order chi connectivity index (χ1) is 12.3. The van der Waals surface area contributed by atoms with Crippen LogP contribution in [0.2, 0.25) is 0 Å². The molecular formula is C20H21NO3S. The SMILES string of the molecule is CCc1ccccc1OCC(=O)N(Cc1ccco1)Cc1cccs1. The van der Waals surface area contributed by atoms with E-state index in [2.05, 4.69) is 6.92 Å². The molecule has 0 saturated carbocycles. The second kappa shape index (κ2) is 8.53. The molecule has 0 aliphatic rings. The van der Waals surface area contributed by atoms with E-state index in [0.717, 1.165) is 28.4 Å². The highest BCUT2D eigenvalue weighted by Crippen LogP contribution is 2.19. The fourth-order valence-corrected chi connectivity index (χ4v) is 3.30. The lowest BCUT2D eigenvalue weighted by Crippen LogP contribution is -2.33. The maximum atomic E-state index is 12.7. The van der Waals surface area contributed by atoms with Crippen molar-refractivity contribution in [2.45, 2.75) is 26.4 Å². The summed E-state index contributed by atoms with van der Waals surface area (Å²) in [5.74, 6) is 1.47. The monoisotopic (exact) mass is 355 g/mol. The normalized spacial score (nSPS) is 10.6. The summed E-state index contributed by atoms with van der Waals surface area (Å²) in [6.07, 6.45) is 2.49. The number of ether oxygens (including phenoxy) is 1. The van der Waals surface area contributed by atoms with Gasteiger partial charge in [0.15, 0.2) is 6.61 Å². The van der Waals surface area contributed by atoms with Gasteiger partial charge < -0.3 is 14.1 Å². The first-order valence-electron chi connectivity index (χ1n) is 8.29. The Balaban J connectivity index is 1.67. The Morgan fingerprint density at radius 2 is 2.00 bits per heavy atom. The van der Waals surface area contributed by atoms with E-state index in [-0.39, 0.29) is 12.5 Å². The molecule has 2 aromatic heterocycles. The van der Waals surface area contributed by atoms with E-state index in [0.29, 0.717) is 13.1 Å². The molecule has 1 amide bonds. The Morgan fingerprint density at radius 1 is 1.12 bits per heavy atom. The topological polar surface area (TPSA) is 42.7 Å². The average Bonchev–Trinajstić information content (AvgIpc) is 3.33. The number of furan rings is 1. The van der Waals surface area contributed by atoms with Gasteiger partial charge in [-0.1, -0.05) is 31.2 Å². The van der Waals surface area contributed by atoms with Crippen molar-refractivity contribution in [1.29, 1.82) is 0 Å². The Labute approximate surface area is 151 Å². The molecule has 1 aromatic carbocycles. The van der Waals surface area contributed by atoms with E-state index in [9.17, 15) is 4.79 Å². The summed E-state index contributed by atoms with van der Waals surface area (Å²) in [6.45, 7) is 3.08. The number of carbonyl (C=O) groups excluding carboxylic acids is 1. The van der Waals surface area contributed by atoms with E-state index in [4.69, 9.17) is 9.15 Å². The van der Waals surface area contributed by atoms with Crippen LogP contribution in [0.1, 0.15) is 23.1 Å². The largest absolute Gasteiger partial charge is 0.483 e. The number of thiophene rings is 1. The van der Waals surface area contributed by atoms with Crippen LogP contribution < -0.4 is 4.74 Å². The minimum atomic E-state index is -0.0595. The fourth-order valence-electron chi connectivity index (χ4n) is 2.58. The molecule has 0 saturated heterocycles. The summed E-state index contributed by atoms with van der Waals surface area (Å²) in [5.41, 5.74) is 1.10. The van der Waals surface area contributed by atoms with Crippen LogP contribution in [-0.2, 0) is 24.3 Å². The van der Waals surface area contributed by atoms with Crippen LogP contribution >= 0.6 is 11.3 Å². The lowest BCUT2D eigenvalue weighted by atomic mass is 10.1. The van der Waals surface area contributed by atoms with Crippen molar-refractivity contribution in [2.24, 2.45) is 0 Å². The van der Waals surface area contributed by atoms with Gasteiger partial charge in [0.2, 0.25) is 0 Å². The number of para-hydroxylation sites is 1. The summed E-state index contributed by atoms with van der Waals surface area (Å²) in [7, 11) is 0. The summed E-state index contributed by atoms with van der Waals surface area (Å²) < 4.78 is 11.2. The average molecular weight is 355 g/mol. The zero-order valence-corrected chi connectivity index (χ0v) is 15.0. The number of hydrogen-bond donors (Lipinski definition) is 0. The maximum absolute atomic E-state index is 12.7. The number of benzene rings is 1. The van der Waals surface area contributed by atoms with Gasteiger partial charge in [0, 0.05) is 4.88 Å². The third kappa shape index (κ3) is 4.73. The summed E-state index contributed by atoms with van der Waals surface area (Å²) in [5, 5.41) is 2.01. The van der Waals surface area contributed by atoms with E-state index in [1.54, 1.807) is 22.5 Å². The highest BCUT2D eigenvalue weighted by molar-refractivity contribution is 7.09. The van der Waals surface area contributed by atoms with Crippen molar-refractivity contribution in [3.63, 3.8) is 0 Å². The van der Waals surface area contributed by atoms with Crippen molar-refractivity contribution >= 4 is 17.2 Å². The highest BCUT2D eigenvalue weighted by Gasteiger charge is 2.17. The molecule has 2 heterocycles. The van der Waals surface area contributed by atoms with E-state index in [1.807, 2.05) is 53.9 Å². The van der Waals surface area contributed by atoms with Gasteiger partial charge in [-0.15, -0.1) is 11.3 Å². The van der Waals surface area contributed by atoms with Gasteiger partial charge in [0.05, 0.1) is 19.4 Å². The Kier molecular flexibility index (Phi) is 5.90. The van der Waals surface area contributed by atoms with Crippen molar-refractivity contribution in [1.82, 2.24) is 4.90 Å². The summed E-state index contributed by atoms with van der Waals surface area (Å²) >= 11 is 1.64. The van der Waals surface area contributed by atoms with Crippen molar-refractivity contribution in [3.8, 4) is 5.75 Å². The molecule has 0 atom stereocenters. The van der Waals surface area contributed by atoms with Crippen LogP contribution in [0, 0.1) is 0 Å². The van der Waals surface area contributed by atoms with Gasteiger partial charge in [0.25, 0.3) is 5.91 Å². The number of carbonyl (C=O) groups is 1. The van der Waals surface area contributed by atoms with Gasteiger partial charge in [0.1, 0.15) is 11.5 Å². The zero-order valence-electron chi connectivity index (χ0n) is 14.2. The van der Waals surface area contributed by atoms with Crippen LogP contribution in [0.5, 0.6) is 5.75 Å². The van der Waals surface area contributed by atoms with Crippen molar-refractivity contribution in [2.75, 3.05) is 6.61 Å². The second-order valence-corrected chi connectivity index (χ2v) is 6.69. The van der Waals surface area contributed by atoms with E-state index in [1.165, 1.54) is 0 Å². The summed E-state index contributed by atoms with van der Waals surface area (Å²) in [4.78, 5) is 15.6. The standard InChI is InChI=1S/C20H21NO3S/c1-2-16-7-3-4-10-19(16)24-15-20(22)21(13-17-8-5-11-23-17)14-18-9-6-12-25-18/h3-12H,2,13-15H2,1H3. The van der Waals surface area contributed by atoms with Gasteiger partial charge >= 0.3 is 0 Å². The van der Waals surface area contributed by atoms with Crippen LogP contribution in [0.4, 0.5) is 0 Å². The van der Waals surface area contributed by atoms with Crippen molar-refractivity contribution in [3.05, 3.63) is 76.4 Å². The molecule has 130 valence electrons. The number of nitrogens with zero attached hydrogens (tertiary/aromatic N) is 1. The maximum Gasteiger partial charge on any atom is 0.261 e. The minimum absolute atomic E-state index is 0.0170. The molecule has 3 aromatic rings. The molecule has 0 unspecified atom stereocenters. The van der Waals surface area contributed by atoms with Crippen LogP contribution in [-0.4, -0.2) is 17.4 Å². The molecule has 5 heteroatoms. The van der Waals surface area contributed by atoms with E-state index >= 15 is 0 Å². The molecule has 25 heavy (non-hydrogen) atoms. The highest BCUT2D eigenvalue weighted by atomic mass is 32.1. The molecule has 4 nitrogen and oxygen atoms in total. The van der Waals surface area contributed by atoms with Gasteiger partial charge in [-0.3, -0.25) is 4.79 Å². The number of aryl methyl sites for hydroxylation is 1. The minimum Gasteiger partial charge on any atom is -0.483 e. The number of rotatable bonds is 8. The lowest BCUT2D eigenvalue weighted by molar-refractivity contribution is -0.134. The summed E-state index contributed by atoms with van der Waals surface area (Å²) in [6, 6.07) is 15.6. The zero-order chi connectivity index (χ0) is 17.5. The third-order valence-electron chi connectivity index (χ3n) is 3.91. The molecule has 0 aliphatic heterocycles. The van der Waals surface area contributed by atoms with Crippen LogP contribution in [0.3, 0.4) is 0 Å². The Bertz CT molecular complexity index is 745. The molecule has 0 spiro atoms. The smallest absolute Gasteiger partial charge is 0.261 e. The third-order valence-corrected chi connectivity index (χ3v) is 4.77. The number of hydrogen-bond acceptors (Lipinski definition) is 4. The first-order valence-corrected chi connectivity index (χ1v) is 9.17. The lowest BCUT2D eigenvalue weighted by Gasteiger charge is -2.21. The Morgan fingerprint density at radius 3 is 2.72 bits per heavy atom. The first kappa shape index (κ1) is 17.3. The molecule has 0 aliphatic carbocycles. The molecule has 0 radical (unpaired) electrons. The predicted molar refractivity (Wildman–Crippen MR) is 98.6 cm³/mol. The van der Waals surface area contributed by atoms with Gasteiger partial charge in [-0.2, -0.15) is 0 Å². The fraction of sp³-hybridized carbons (Fsp3) is 0.250. The van der Waals surface area contributed by atoms with Gasteiger partial charge in [-0.05, 0) is 41.6 Å². The molecule has 0 N–H and O–H groups in total. The quantitative estimate of drug-likeness (QED) is 0.597. The van der Waals surface area contributed by atoms with E-state index < -0.39 is 0 Å². The predicted octanol–water partition coefficient (Wildman–Crippen LogP) is 4.51. The number of amides is 1. The van der Waals surface area contributed by atoms with Crippen molar-refractivity contribution < 1.29 is 13.9 Å². The van der Waals surface area contributed by atoms with Gasteiger partial charge in [-0.25, -0.2) is 0 Å². The molecule has 0 bridgehead atoms. The Hall–Kier alpha value is -2.53. The van der Waals surface area contributed by atoms with Crippen LogP contribution in [0.25, 0.3) is 0 Å².